The van der Waals surface area contributed by atoms with E-state index in [9.17, 15) is 10.1 Å². The third-order valence-electron chi connectivity index (χ3n) is 3.29. The number of aryl methyl sites for hydroxylation is 1. The molecule has 1 N–H and O–H groups in total. The number of rotatable bonds is 4. The Labute approximate surface area is 112 Å². The number of non-ortho nitro benzene ring substituents is 1. The minimum Gasteiger partial charge on any atom is -0.382 e. The zero-order chi connectivity index (χ0) is 13.8. The second-order valence-electron chi connectivity index (χ2n) is 4.89. The summed E-state index contributed by atoms with van der Waals surface area (Å²) in [5.41, 5.74) is 1.90. The van der Waals surface area contributed by atoms with Crippen molar-refractivity contribution in [1.29, 1.82) is 0 Å². The van der Waals surface area contributed by atoms with Gasteiger partial charge in [-0.2, -0.15) is 0 Å². The Morgan fingerprint density at radius 1 is 1.58 bits per heavy atom. The molecule has 6 heteroatoms. The molecule has 1 aliphatic heterocycles. The van der Waals surface area contributed by atoms with Crippen molar-refractivity contribution in [2.24, 2.45) is 0 Å². The maximum Gasteiger partial charge on any atom is 0.271 e. The molecular formula is C13H19N3O3. The molecule has 0 radical (unpaired) electrons. The van der Waals surface area contributed by atoms with Gasteiger partial charge in [0.1, 0.15) is 0 Å². The van der Waals surface area contributed by atoms with Gasteiger partial charge in [-0.1, -0.05) is 6.07 Å². The summed E-state index contributed by atoms with van der Waals surface area (Å²) in [6, 6.07) is 4.85. The largest absolute Gasteiger partial charge is 0.382 e. The van der Waals surface area contributed by atoms with E-state index in [0.29, 0.717) is 6.54 Å². The summed E-state index contributed by atoms with van der Waals surface area (Å²) in [4.78, 5) is 12.6. The van der Waals surface area contributed by atoms with Gasteiger partial charge in [0.25, 0.3) is 5.69 Å². The standard InChI is InChI=1S/C13H19N3O3/c1-10-3-4-11(16(17)18)7-13(10)14-8-12-9-15(2)5-6-19-12/h3-4,7,12,14H,5-6,8-9H2,1-2H3. The lowest BCUT2D eigenvalue weighted by Gasteiger charge is -2.30. The van der Waals surface area contributed by atoms with Crippen LogP contribution in [0.4, 0.5) is 11.4 Å². The van der Waals surface area contributed by atoms with Crippen LogP contribution in [-0.4, -0.2) is 49.2 Å². The summed E-state index contributed by atoms with van der Waals surface area (Å²) in [7, 11) is 2.06. The fourth-order valence-electron chi connectivity index (χ4n) is 2.13. The van der Waals surface area contributed by atoms with Gasteiger partial charge in [0.2, 0.25) is 0 Å². The highest BCUT2D eigenvalue weighted by Gasteiger charge is 2.18. The van der Waals surface area contributed by atoms with E-state index in [0.717, 1.165) is 30.9 Å². The lowest BCUT2D eigenvalue weighted by atomic mass is 10.1. The number of benzene rings is 1. The molecule has 1 aromatic rings. The van der Waals surface area contributed by atoms with Crippen LogP contribution in [0.2, 0.25) is 0 Å². The first-order valence-corrected chi connectivity index (χ1v) is 6.35. The highest BCUT2D eigenvalue weighted by Crippen LogP contribution is 2.22. The second kappa shape index (κ2) is 5.99. The van der Waals surface area contributed by atoms with E-state index < -0.39 is 0 Å². The van der Waals surface area contributed by atoms with Crippen molar-refractivity contribution in [1.82, 2.24) is 4.90 Å². The van der Waals surface area contributed by atoms with Crippen molar-refractivity contribution in [3.05, 3.63) is 33.9 Å². The number of anilines is 1. The Kier molecular flexibility index (Phi) is 4.34. The summed E-state index contributed by atoms with van der Waals surface area (Å²) in [6.07, 6.45) is 0.123. The van der Waals surface area contributed by atoms with Crippen molar-refractivity contribution in [3.63, 3.8) is 0 Å². The number of hydrogen-bond donors (Lipinski definition) is 1. The summed E-state index contributed by atoms with van der Waals surface area (Å²) in [5.74, 6) is 0. The van der Waals surface area contributed by atoms with Gasteiger partial charge < -0.3 is 15.0 Å². The molecule has 1 aliphatic rings. The Morgan fingerprint density at radius 2 is 2.37 bits per heavy atom. The van der Waals surface area contributed by atoms with Crippen molar-refractivity contribution in [2.75, 3.05) is 38.6 Å². The maximum absolute atomic E-state index is 10.8. The highest BCUT2D eigenvalue weighted by atomic mass is 16.6. The van der Waals surface area contributed by atoms with Gasteiger partial charge in [0.15, 0.2) is 0 Å². The van der Waals surface area contributed by atoms with E-state index in [2.05, 4.69) is 17.3 Å². The van der Waals surface area contributed by atoms with Gasteiger partial charge in [-0.25, -0.2) is 0 Å². The van der Waals surface area contributed by atoms with Crippen LogP contribution >= 0.6 is 0 Å². The van der Waals surface area contributed by atoms with Gasteiger partial charge in [0.05, 0.1) is 17.6 Å². The van der Waals surface area contributed by atoms with E-state index in [4.69, 9.17) is 4.74 Å². The topological polar surface area (TPSA) is 67.6 Å². The second-order valence-corrected chi connectivity index (χ2v) is 4.89. The predicted octanol–water partition coefficient (Wildman–Crippen LogP) is 1.65. The molecule has 6 nitrogen and oxygen atoms in total. The van der Waals surface area contributed by atoms with E-state index in [1.165, 1.54) is 6.07 Å². The lowest BCUT2D eigenvalue weighted by molar-refractivity contribution is -0.384. The lowest BCUT2D eigenvalue weighted by Crippen LogP contribution is -2.43. The summed E-state index contributed by atoms with van der Waals surface area (Å²) >= 11 is 0. The van der Waals surface area contributed by atoms with Crippen LogP contribution in [0, 0.1) is 17.0 Å². The Morgan fingerprint density at radius 3 is 3.05 bits per heavy atom. The summed E-state index contributed by atoms with van der Waals surface area (Å²) in [5, 5.41) is 14.0. The molecule has 1 fully saturated rings. The first-order valence-electron chi connectivity index (χ1n) is 6.35. The molecule has 0 spiro atoms. The quantitative estimate of drug-likeness (QED) is 0.662. The molecule has 1 aromatic carbocycles. The molecule has 0 bridgehead atoms. The highest BCUT2D eigenvalue weighted by molar-refractivity contribution is 5.56. The first kappa shape index (κ1) is 13.8. The minimum atomic E-state index is -0.379. The van der Waals surface area contributed by atoms with E-state index in [1.54, 1.807) is 12.1 Å². The van der Waals surface area contributed by atoms with Crippen molar-refractivity contribution >= 4 is 11.4 Å². The molecular weight excluding hydrogens is 246 g/mol. The predicted molar refractivity (Wildman–Crippen MR) is 73.6 cm³/mol. The molecule has 0 aliphatic carbocycles. The van der Waals surface area contributed by atoms with Gasteiger partial charge >= 0.3 is 0 Å². The first-order chi connectivity index (χ1) is 9.06. The zero-order valence-electron chi connectivity index (χ0n) is 11.3. The molecule has 1 atom stereocenters. The normalized spacial score (nSPS) is 20.2. The van der Waals surface area contributed by atoms with Crippen LogP contribution in [0.5, 0.6) is 0 Å². The number of hydrogen-bond acceptors (Lipinski definition) is 5. The molecule has 0 saturated carbocycles. The number of ether oxygens (including phenoxy) is 1. The number of likely N-dealkylation sites (N-methyl/N-ethyl adjacent to an activating group) is 1. The molecule has 1 saturated heterocycles. The number of nitro benzene ring substituents is 1. The molecule has 19 heavy (non-hydrogen) atoms. The summed E-state index contributed by atoms with van der Waals surface area (Å²) in [6.45, 7) is 5.15. The molecule has 0 amide bonds. The Hall–Kier alpha value is -1.66. The molecule has 0 aromatic heterocycles. The molecule has 1 heterocycles. The molecule has 2 rings (SSSR count). The Balaban J connectivity index is 1.98. The van der Waals surface area contributed by atoms with Crippen LogP contribution in [0.1, 0.15) is 5.56 Å². The third-order valence-corrected chi connectivity index (χ3v) is 3.29. The fraction of sp³-hybridized carbons (Fsp3) is 0.538. The molecule has 1 unspecified atom stereocenters. The van der Waals surface area contributed by atoms with Gasteiger partial charge in [-0.3, -0.25) is 10.1 Å². The molecule has 104 valence electrons. The third kappa shape index (κ3) is 3.65. The van der Waals surface area contributed by atoms with Crippen LogP contribution in [-0.2, 0) is 4.74 Å². The van der Waals surface area contributed by atoms with Crippen molar-refractivity contribution in [2.45, 2.75) is 13.0 Å². The van der Waals surface area contributed by atoms with Gasteiger partial charge in [-0.15, -0.1) is 0 Å². The maximum atomic E-state index is 10.8. The number of morpholine rings is 1. The fourth-order valence-corrected chi connectivity index (χ4v) is 2.13. The van der Waals surface area contributed by atoms with E-state index in [-0.39, 0.29) is 16.7 Å². The number of nitro groups is 1. The van der Waals surface area contributed by atoms with Crippen LogP contribution in [0.25, 0.3) is 0 Å². The van der Waals surface area contributed by atoms with Crippen LogP contribution in [0.3, 0.4) is 0 Å². The monoisotopic (exact) mass is 265 g/mol. The van der Waals surface area contributed by atoms with Crippen molar-refractivity contribution in [3.8, 4) is 0 Å². The van der Waals surface area contributed by atoms with Crippen molar-refractivity contribution < 1.29 is 9.66 Å². The minimum absolute atomic E-state index is 0.106. The average Bonchev–Trinajstić information content (AvgIpc) is 2.37. The van der Waals surface area contributed by atoms with E-state index >= 15 is 0 Å². The summed E-state index contributed by atoms with van der Waals surface area (Å²) < 4.78 is 5.65. The zero-order valence-corrected chi connectivity index (χ0v) is 11.3. The number of nitrogens with one attached hydrogen (secondary N) is 1. The average molecular weight is 265 g/mol. The number of nitrogens with zero attached hydrogens (tertiary/aromatic N) is 2. The Bertz CT molecular complexity index is 464. The van der Waals surface area contributed by atoms with Crippen LogP contribution < -0.4 is 5.32 Å². The van der Waals surface area contributed by atoms with Gasteiger partial charge in [0, 0.05) is 37.5 Å². The SMILES string of the molecule is Cc1ccc([N+](=O)[O-])cc1NCC1CN(C)CCO1. The smallest absolute Gasteiger partial charge is 0.271 e. The van der Waals surface area contributed by atoms with Gasteiger partial charge in [-0.05, 0) is 19.5 Å². The van der Waals surface area contributed by atoms with E-state index in [1.807, 2.05) is 6.92 Å². The van der Waals surface area contributed by atoms with Crippen LogP contribution in [0.15, 0.2) is 18.2 Å².